The van der Waals surface area contributed by atoms with Crippen LogP contribution in [0.4, 0.5) is 0 Å². The highest BCUT2D eigenvalue weighted by atomic mass is 32.2. The molecule has 8 heteroatoms. The highest BCUT2D eigenvalue weighted by molar-refractivity contribution is 7.89. The molecule has 1 aromatic carbocycles. The first kappa shape index (κ1) is 15.6. The van der Waals surface area contributed by atoms with Crippen molar-refractivity contribution in [2.45, 2.75) is 31.8 Å². The summed E-state index contributed by atoms with van der Waals surface area (Å²) in [5.74, 6) is 0.898. The van der Waals surface area contributed by atoms with Crippen molar-refractivity contribution in [3.63, 3.8) is 0 Å². The zero-order chi connectivity index (χ0) is 15.5. The number of sulfonamides is 1. The molecule has 2 rings (SSSR count). The summed E-state index contributed by atoms with van der Waals surface area (Å²) in [4.78, 5) is 4.17. The number of benzene rings is 1. The molecule has 0 fully saturated rings. The molecule has 1 heterocycles. The van der Waals surface area contributed by atoms with E-state index in [-0.39, 0.29) is 18.0 Å². The van der Waals surface area contributed by atoms with Crippen LogP contribution in [0.3, 0.4) is 0 Å². The summed E-state index contributed by atoms with van der Waals surface area (Å²) in [6, 6.07) is 4.80. The van der Waals surface area contributed by atoms with Crippen molar-refractivity contribution in [3.05, 3.63) is 41.0 Å². The van der Waals surface area contributed by atoms with Crippen LogP contribution in [0, 0.1) is 13.8 Å². The van der Waals surface area contributed by atoms with Crippen molar-refractivity contribution in [1.82, 2.24) is 14.9 Å². The maximum absolute atomic E-state index is 12.3. The standard InChI is InChI=1S/C13H17N3O4S/c1-9-11(8-17)4-3-5-12(9)21(18,19)14-7-6-13-15-10(2)16-20-13/h3-5,14,17H,6-8H2,1-2H3. The topological polar surface area (TPSA) is 105 Å². The SMILES string of the molecule is Cc1noc(CCNS(=O)(=O)c2cccc(CO)c2C)n1. The molecular weight excluding hydrogens is 294 g/mol. The molecule has 0 spiro atoms. The van der Waals surface area contributed by atoms with Gasteiger partial charge in [-0.3, -0.25) is 0 Å². The molecule has 0 aliphatic carbocycles. The van der Waals surface area contributed by atoms with E-state index in [2.05, 4.69) is 14.9 Å². The maximum atomic E-state index is 12.3. The van der Waals surface area contributed by atoms with E-state index in [4.69, 9.17) is 4.52 Å². The molecule has 0 aliphatic rings. The first-order chi connectivity index (χ1) is 9.94. The van der Waals surface area contributed by atoms with E-state index in [1.54, 1.807) is 26.0 Å². The largest absolute Gasteiger partial charge is 0.392 e. The number of aromatic nitrogens is 2. The molecule has 0 saturated carbocycles. The summed E-state index contributed by atoms with van der Waals surface area (Å²) in [5.41, 5.74) is 1.13. The Hall–Kier alpha value is -1.77. The van der Waals surface area contributed by atoms with Crippen LogP contribution in [0.1, 0.15) is 22.8 Å². The predicted octanol–water partition coefficient (Wildman–Crippen LogP) is 0.700. The lowest BCUT2D eigenvalue weighted by Gasteiger charge is -2.11. The number of nitrogens with zero attached hydrogens (tertiary/aromatic N) is 2. The molecule has 7 nitrogen and oxygen atoms in total. The number of nitrogens with one attached hydrogen (secondary N) is 1. The van der Waals surface area contributed by atoms with E-state index >= 15 is 0 Å². The Morgan fingerprint density at radius 3 is 2.71 bits per heavy atom. The monoisotopic (exact) mass is 311 g/mol. The van der Waals surface area contributed by atoms with Crippen molar-refractivity contribution in [1.29, 1.82) is 0 Å². The van der Waals surface area contributed by atoms with Crippen LogP contribution >= 0.6 is 0 Å². The summed E-state index contributed by atoms with van der Waals surface area (Å²) in [6.45, 7) is 3.33. The summed E-state index contributed by atoms with van der Waals surface area (Å²) in [6.07, 6.45) is 0.318. The fourth-order valence-corrected chi connectivity index (χ4v) is 3.25. The van der Waals surface area contributed by atoms with Gasteiger partial charge in [0.05, 0.1) is 11.5 Å². The third-order valence-corrected chi connectivity index (χ3v) is 4.66. The van der Waals surface area contributed by atoms with E-state index in [1.807, 2.05) is 0 Å². The van der Waals surface area contributed by atoms with Gasteiger partial charge in [0.2, 0.25) is 15.9 Å². The summed E-state index contributed by atoms with van der Waals surface area (Å²) in [5, 5.41) is 12.8. The van der Waals surface area contributed by atoms with Gasteiger partial charge in [0, 0.05) is 13.0 Å². The van der Waals surface area contributed by atoms with Gasteiger partial charge in [0.15, 0.2) is 5.82 Å². The van der Waals surface area contributed by atoms with Crippen molar-refractivity contribution in [2.24, 2.45) is 0 Å². The Bertz CT molecular complexity index is 725. The van der Waals surface area contributed by atoms with Crippen molar-refractivity contribution < 1.29 is 18.0 Å². The highest BCUT2D eigenvalue weighted by Gasteiger charge is 2.18. The molecule has 2 N–H and O–H groups in total. The fourth-order valence-electron chi connectivity index (χ4n) is 1.93. The van der Waals surface area contributed by atoms with Crippen LogP contribution in [-0.4, -0.2) is 30.2 Å². The van der Waals surface area contributed by atoms with Crippen molar-refractivity contribution in [3.8, 4) is 0 Å². The molecule has 2 aromatic rings. The van der Waals surface area contributed by atoms with Gasteiger partial charge < -0.3 is 9.63 Å². The lowest BCUT2D eigenvalue weighted by molar-refractivity contribution is 0.280. The van der Waals surface area contributed by atoms with Crippen LogP contribution in [-0.2, 0) is 23.1 Å². The Balaban J connectivity index is 2.08. The molecule has 0 bridgehead atoms. The van der Waals surface area contributed by atoms with Crippen LogP contribution in [0.25, 0.3) is 0 Å². The first-order valence-corrected chi connectivity index (χ1v) is 7.90. The average molecular weight is 311 g/mol. The van der Waals surface area contributed by atoms with Gasteiger partial charge in [-0.05, 0) is 31.0 Å². The number of hydrogen-bond acceptors (Lipinski definition) is 6. The minimum absolute atomic E-state index is 0.159. The first-order valence-electron chi connectivity index (χ1n) is 6.42. The summed E-state index contributed by atoms with van der Waals surface area (Å²) < 4.78 is 31.9. The molecule has 0 aliphatic heterocycles. The fraction of sp³-hybridized carbons (Fsp3) is 0.385. The van der Waals surface area contributed by atoms with Gasteiger partial charge in [-0.25, -0.2) is 13.1 Å². The Kier molecular flexibility index (Phi) is 4.71. The number of hydrogen-bond donors (Lipinski definition) is 2. The molecule has 0 radical (unpaired) electrons. The van der Waals surface area contributed by atoms with Crippen molar-refractivity contribution >= 4 is 10.0 Å². The second-order valence-electron chi connectivity index (χ2n) is 4.58. The molecule has 0 unspecified atom stereocenters. The van der Waals surface area contributed by atoms with Gasteiger partial charge in [-0.2, -0.15) is 4.98 Å². The maximum Gasteiger partial charge on any atom is 0.240 e. The van der Waals surface area contributed by atoms with Crippen LogP contribution in [0.5, 0.6) is 0 Å². The zero-order valence-electron chi connectivity index (χ0n) is 11.8. The van der Waals surface area contributed by atoms with Crippen LogP contribution in [0.2, 0.25) is 0 Å². The van der Waals surface area contributed by atoms with Gasteiger partial charge >= 0.3 is 0 Å². The third-order valence-electron chi connectivity index (χ3n) is 3.06. The number of aryl methyl sites for hydroxylation is 1. The Morgan fingerprint density at radius 2 is 2.10 bits per heavy atom. The molecular formula is C13H17N3O4S. The van der Waals surface area contributed by atoms with Gasteiger partial charge in [0.1, 0.15) is 0 Å². The smallest absolute Gasteiger partial charge is 0.240 e. The average Bonchev–Trinajstić information content (AvgIpc) is 2.84. The molecule has 114 valence electrons. The van der Waals surface area contributed by atoms with E-state index in [0.717, 1.165) is 0 Å². The quantitative estimate of drug-likeness (QED) is 0.813. The predicted molar refractivity (Wildman–Crippen MR) is 75.0 cm³/mol. The summed E-state index contributed by atoms with van der Waals surface area (Å²) in [7, 11) is -3.64. The minimum Gasteiger partial charge on any atom is -0.392 e. The molecule has 1 aromatic heterocycles. The van der Waals surface area contributed by atoms with Gasteiger partial charge in [0.25, 0.3) is 0 Å². The number of aliphatic hydroxyl groups excluding tert-OH is 1. The van der Waals surface area contributed by atoms with Gasteiger partial charge in [-0.1, -0.05) is 17.3 Å². The van der Waals surface area contributed by atoms with Crippen LogP contribution < -0.4 is 4.72 Å². The molecule has 0 amide bonds. The Labute approximate surface area is 123 Å². The van der Waals surface area contributed by atoms with Gasteiger partial charge in [-0.15, -0.1) is 0 Å². The normalized spacial score (nSPS) is 11.8. The minimum atomic E-state index is -3.64. The Morgan fingerprint density at radius 1 is 1.33 bits per heavy atom. The van der Waals surface area contributed by atoms with E-state index in [9.17, 15) is 13.5 Å². The number of rotatable bonds is 6. The molecule has 0 atom stereocenters. The lowest BCUT2D eigenvalue weighted by Crippen LogP contribution is -2.27. The van der Waals surface area contributed by atoms with E-state index < -0.39 is 10.0 Å². The summed E-state index contributed by atoms with van der Waals surface area (Å²) >= 11 is 0. The molecule has 0 saturated heterocycles. The second-order valence-corrected chi connectivity index (χ2v) is 6.32. The number of aliphatic hydroxyl groups is 1. The van der Waals surface area contributed by atoms with Crippen LogP contribution in [0.15, 0.2) is 27.6 Å². The van der Waals surface area contributed by atoms with Crippen molar-refractivity contribution in [2.75, 3.05) is 6.54 Å². The third kappa shape index (κ3) is 3.66. The lowest BCUT2D eigenvalue weighted by atomic mass is 10.1. The zero-order valence-corrected chi connectivity index (χ0v) is 12.6. The van der Waals surface area contributed by atoms with E-state index in [0.29, 0.717) is 29.3 Å². The molecule has 21 heavy (non-hydrogen) atoms. The second kappa shape index (κ2) is 6.33. The van der Waals surface area contributed by atoms with E-state index in [1.165, 1.54) is 6.07 Å². The highest BCUT2D eigenvalue weighted by Crippen LogP contribution is 2.18.